The molecule has 0 radical (unpaired) electrons. The molecule has 2 saturated heterocycles. The highest BCUT2D eigenvalue weighted by Gasteiger charge is 2.32. The number of likely N-dealkylation sites (tertiary alicyclic amines) is 2. The van der Waals surface area contributed by atoms with Crippen LogP contribution in [-0.2, 0) is 22.3 Å². The number of rotatable bonds is 7. The highest BCUT2D eigenvalue weighted by atomic mass is 32.1. The number of aliphatic imine (C=N–C) groups is 1. The van der Waals surface area contributed by atoms with E-state index in [1.807, 2.05) is 0 Å². The van der Waals surface area contributed by atoms with Crippen LogP contribution in [0, 0.1) is 12.8 Å². The van der Waals surface area contributed by atoms with Crippen molar-refractivity contribution in [2.75, 3.05) is 25.0 Å². The van der Waals surface area contributed by atoms with Crippen molar-refractivity contribution >= 4 is 34.6 Å². The number of carboxylic acids is 1. The fraction of sp³-hybridized carbons (Fsp3) is 0.500. The van der Waals surface area contributed by atoms with E-state index in [9.17, 15) is 27.9 Å². The highest BCUT2D eigenvalue weighted by Crippen LogP contribution is 2.38. The third kappa shape index (κ3) is 6.79. The molecule has 1 amide bonds. The van der Waals surface area contributed by atoms with Crippen LogP contribution in [0.4, 0.5) is 18.3 Å². The predicted octanol–water partition coefficient (Wildman–Crippen LogP) is 4.70. The minimum absolute atomic E-state index is 0.142. The molecule has 0 spiro atoms. The molecule has 3 aliphatic heterocycles. The fourth-order valence-electron chi connectivity index (χ4n) is 5.54. The van der Waals surface area contributed by atoms with Crippen LogP contribution in [0.15, 0.2) is 35.1 Å². The number of hydrogen-bond donors (Lipinski definition) is 3. The van der Waals surface area contributed by atoms with Crippen LogP contribution in [0.1, 0.15) is 48.6 Å². The van der Waals surface area contributed by atoms with Gasteiger partial charge in [0.15, 0.2) is 5.13 Å². The molecule has 2 unspecified atom stereocenters. The number of aryl methyl sites for hydroxylation is 1. The Morgan fingerprint density at radius 3 is 2.54 bits per heavy atom. The van der Waals surface area contributed by atoms with E-state index in [1.165, 1.54) is 17.5 Å². The topological polar surface area (TPSA) is 110 Å². The van der Waals surface area contributed by atoms with Gasteiger partial charge in [-0.25, -0.2) is 4.98 Å². The summed E-state index contributed by atoms with van der Waals surface area (Å²) in [6, 6.07) is 4.26. The summed E-state index contributed by atoms with van der Waals surface area (Å²) in [6.07, 6.45) is 1.61. The standard InChI is InChI=1S/C28H33F3N6O3S/c1-16-10-19(12-20(11-16)28(29,30)31)24-22(15-37-7-3-4-17(37)2)41-27(34-24)35-25(38)21-13-33-23(14-32-21)36-8-5-18(6-9-36)26(39)40/h10-14,17-18,23,33H,3-9,15H2,1-2H3,(H,39,40)(H,34,35,38). The van der Waals surface area contributed by atoms with Crippen LogP contribution < -0.4 is 10.6 Å². The summed E-state index contributed by atoms with van der Waals surface area (Å²) in [7, 11) is 0. The Bertz CT molecular complexity index is 1370. The Hall–Kier alpha value is -3.29. The third-order valence-electron chi connectivity index (χ3n) is 7.88. The van der Waals surface area contributed by atoms with Crippen molar-refractivity contribution in [2.45, 2.75) is 64.5 Å². The van der Waals surface area contributed by atoms with E-state index in [4.69, 9.17) is 0 Å². The largest absolute Gasteiger partial charge is 0.481 e. The van der Waals surface area contributed by atoms with Gasteiger partial charge in [-0.1, -0.05) is 11.3 Å². The van der Waals surface area contributed by atoms with Gasteiger partial charge in [0.2, 0.25) is 0 Å². The number of carbonyl (C=O) groups excluding carboxylic acids is 1. The Balaban J connectivity index is 1.32. The number of nitrogens with zero attached hydrogens (tertiary/aromatic N) is 4. The van der Waals surface area contributed by atoms with Crippen LogP contribution >= 0.6 is 11.3 Å². The van der Waals surface area contributed by atoms with Crippen LogP contribution in [0.2, 0.25) is 0 Å². The van der Waals surface area contributed by atoms with Gasteiger partial charge < -0.3 is 10.4 Å². The molecule has 4 heterocycles. The van der Waals surface area contributed by atoms with Gasteiger partial charge in [-0.05, 0) is 69.8 Å². The monoisotopic (exact) mass is 590 g/mol. The number of aromatic nitrogens is 1. The highest BCUT2D eigenvalue weighted by molar-refractivity contribution is 7.16. The Kier molecular flexibility index (Phi) is 8.48. The Morgan fingerprint density at radius 1 is 1.17 bits per heavy atom. The molecular weight excluding hydrogens is 557 g/mol. The van der Waals surface area contributed by atoms with E-state index in [-0.39, 0.29) is 22.9 Å². The first kappa shape index (κ1) is 29.2. The van der Waals surface area contributed by atoms with E-state index in [0.29, 0.717) is 55.3 Å². The number of halogens is 3. The van der Waals surface area contributed by atoms with Crippen molar-refractivity contribution in [3.8, 4) is 11.3 Å². The molecule has 1 aromatic carbocycles. The molecule has 0 bridgehead atoms. The van der Waals surface area contributed by atoms with Crippen LogP contribution in [0.5, 0.6) is 0 Å². The maximum Gasteiger partial charge on any atom is 0.416 e. The smallest absolute Gasteiger partial charge is 0.416 e. The molecule has 41 heavy (non-hydrogen) atoms. The summed E-state index contributed by atoms with van der Waals surface area (Å²) < 4.78 is 40.8. The molecule has 9 nitrogen and oxygen atoms in total. The minimum atomic E-state index is -4.49. The molecule has 2 atom stereocenters. The summed E-state index contributed by atoms with van der Waals surface area (Å²) in [5, 5.41) is 15.4. The van der Waals surface area contributed by atoms with Crippen molar-refractivity contribution in [1.82, 2.24) is 20.1 Å². The number of thiazole rings is 1. The summed E-state index contributed by atoms with van der Waals surface area (Å²) in [6.45, 7) is 6.38. The number of alkyl halides is 3. The van der Waals surface area contributed by atoms with Crippen molar-refractivity contribution in [1.29, 1.82) is 0 Å². The molecule has 2 fully saturated rings. The first-order valence-corrected chi connectivity index (χ1v) is 14.5. The number of benzene rings is 1. The lowest BCUT2D eigenvalue weighted by Gasteiger charge is -2.35. The average molecular weight is 591 g/mol. The number of carboxylic acid groups (broad SMARTS) is 1. The van der Waals surface area contributed by atoms with E-state index >= 15 is 0 Å². The number of hydrogen-bond acceptors (Lipinski definition) is 8. The summed E-state index contributed by atoms with van der Waals surface area (Å²) >= 11 is 1.26. The molecule has 1 aromatic heterocycles. The zero-order valence-corrected chi connectivity index (χ0v) is 23.7. The van der Waals surface area contributed by atoms with E-state index in [2.05, 4.69) is 37.3 Å². The van der Waals surface area contributed by atoms with Crippen molar-refractivity contribution in [3.63, 3.8) is 0 Å². The Morgan fingerprint density at radius 2 is 1.93 bits per heavy atom. The molecule has 220 valence electrons. The minimum Gasteiger partial charge on any atom is -0.481 e. The van der Waals surface area contributed by atoms with Gasteiger partial charge in [-0.15, -0.1) is 0 Å². The van der Waals surface area contributed by atoms with Gasteiger partial charge >= 0.3 is 12.1 Å². The van der Waals surface area contributed by atoms with E-state index < -0.39 is 23.6 Å². The predicted molar refractivity (Wildman–Crippen MR) is 150 cm³/mol. The SMILES string of the molecule is Cc1cc(-c2nc(NC(=O)C3=CNC(N4CCC(C(=O)O)CC4)C=N3)sc2CN2CCCC2C)cc(C(F)(F)F)c1. The van der Waals surface area contributed by atoms with Crippen LogP contribution in [0.3, 0.4) is 0 Å². The van der Waals surface area contributed by atoms with Crippen molar-refractivity contribution in [2.24, 2.45) is 10.9 Å². The molecule has 0 aliphatic carbocycles. The number of amides is 1. The lowest BCUT2D eigenvalue weighted by atomic mass is 9.97. The number of anilines is 1. The number of carbonyl (C=O) groups is 2. The van der Waals surface area contributed by atoms with Crippen molar-refractivity contribution < 1.29 is 27.9 Å². The maximum atomic E-state index is 13.6. The normalized spacial score (nSPS) is 22.4. The van der Waals surface area contributed by atoms with Gasteiger partial charge in [0.05, 0.1) is 17.2 Å². The van der Waals surface area contributed by atoms with Crippen LogP contribution in [-0.4, -0.2) is 69.8 Å². The first-order valence-electron chi connectivity index (χ1n) is 13.7. The second-order valence-corrected chi connectivity index (χ2v) is 11.9. The average Bonchev–Trinajstić information content (AvgIpc) is 3.53. The van der Waals surface area contributed by atoms with Crippen molar-refractivity contribution in [3.05, 3.63) is 46.1 Å². The summed E-state index contributed by atoms with van der Waals surface area (Å²) in [5.41, 5.74) is 0.678. The first-order chi connectivity index (χ1) is 19.5. The number of nitrogens with one attached hydrogen (secondary N) is 2. The molecular formula is C28H33F3N6O3S. The second-order valence-electron chi connectivity index (χ2n) is 10.9. The van der Waals surface area contributed by atoms with E-state index in [1.54, 1.807) is 19.2 Å². The fourth-order valence-corrected chi connectivity index (χ4v) is 6.54. The lowest BCUT2D eigenvalue weighted by molar-refractivity contribution is -0.143. The van der Waals surface area contributed by atoms with Gasteiger partial charge in [-0.2, -0.15) is 13.2 Å². The van der Waals surface area contributed by atoms with Gasteiger partial charge in [0.1, 0.15) is 11.9 Å². The molecule has 5 rings (SSSR count). The zero-order chi connectivity index (χ0) is 29.3. The third-order valence-corrected chi connectivity index (χ3v) is 8.84. The zero-order valence-electron chi connectivity index (χ0n) is 22.9. The second kappa shape index (κ2) is 11.9. The molecule has 2 aromatic rings. The van der Waals surface area contributed by atoms with Crippen LogP contribution in [0.25, 0.3) is 11.3 Å². The van der Waals surface area contributed by atoms with Gasteiger partial charge in [0, 0.05) is 48.5 Å². The Labute approximate surface area is 240 Å². The summed E-state index contributed by atoms with van der Waals surface area (Å²) in [4.78, 5) is 38.3. The maximum absolute atomic E-state index is 13.6. The quantitative estimate of drug-likeness (QED) is 0.429. The molecule has 3 aliphatic rings. The number of aliphatic carboxylic acids is 1. The van der Waals surface area contributed by atoms with Gasteiger partial charge in [0.25, 0.3) is 5.91 Å². The van der Waals surface area contributed by atoms with Gasteiger partial charge in [-0.3, -0.25) is 29.7 Å². The lowest BCUT2D eigenvalue weighted by Crippen LogP contribution is -2.50. The summed E-state index contributed by atoms with van der Waals surface area (Å²) in [5.74, 6) is -1.61. The molecule has 0 saturated carbocycles. The van der Waals surface area contributed by atoms with E-state index in [0.717, 1.165) is 36.4 Å². The molecule has 13 heteroatoms. The molecule has 3 N–H and O–H groups in total. The number of piperidine rings is 1.